The molecule has 0 aromatic heterocycles. The first-order chi connectivity index (χ1) is 46.1. The number of fused-ring (bicyclic) bond motifs is 2. The van der Waals surface area contributed by atoms with Crippen LogP contribution >= 0.6 is 25.3 Å². The van der Waals surface area contributed by atoms with Crippen LogP contribution in [0.5, 0.6) is 23.0 Å². The Hall–Kier alpha value is -5.38. The van der Waals surface area contributed by atoms with Gasteiger partial charge in [0.1, 0.15) is 54.0 Å². The van der Waals surface area contributed by atoms with Crippen LogP contribution in [-0.2, 0) is 92.0 Å². The standard InChI is InChI=1S/C25H29O3PS.C15H24NO3PS.C14H22NO3PS.C12H26NO2PS.C10H8O/c1-19(24(26)27-17-20-11-6-5-7-12-20)18-29(30,25(2,3)4)28-23-16-10-14-21-13-8-9-15-22(21)23;1-6-18-14(17)12(2)16-20(21,15(3,4)5)19-13-10-8-7-9-11-13;1-5-17-14(16)12(4)15-19(20,11(2)3)18-13-9-7-6-8-10-13;1-9(2)16(7,17)13-10(3)11(14)15-8-12(4,5)6;11-10-7-3-5-8-4-1-2-6-9(8)10/h5-16,19H,17-18H2,1-4H3;7-12H,6H2,1-5H3,(H,16,21);6-12H,5H2,1-4H3,(H,15,20);9-10H,8H2,1-7H3,(H,13,17);1-7,11H/t19-,29?;12-,20?;12-,19?;10-,16?;/m0101./s1. The lowest BCUT2D eigenvalue weighted by Gasteiger charge is -2.36. The number of para-hydroxylation sites is 2. The second-order valence-corrected chi connectivity index (χ2v) is 46.9. The average Bonchev–Trinajstić information content (AvgIpc) is 0.790. The van der Waals surface area contributed by atoms with Gasteiger partial charge in [0.15, 0.2) is 12.8 Å². The van der Waals surface area contributed by atoms with Gasteiger partial charge in [0.25, 0.3) is 0 Å². The number of esters is 4. The van der Waals surface area contributed by atoms with E-state index in [2.05, 4.69) is 62.0 Å². The summed E-state index contributed by atoms with van der Waals surface area (Å²) in [5.74, 6) is 1.16. The maximum atomic E-state index is 12.7. The molecule has 0 fully saturated rings. The van der Waals surface area contributed by atoms with Crippen molar-refractivity contribution in [2.24, 2.45) is 11.3 Å². The zero-order valence-electron chi connectivity index (χ0n) is 61.6. The van der Waals surface area contributed by atoms with Crippen molar-refractivity contribution < 1.29 is 56.8 Å². The second kappa shape index (κ2) is 41.1. The zero-order valence-corrected chi connectivity index (χ0v) is 68.4. The highest BCUT2D eigenvalue weighted by molar-refractivity contribution is 8.14. The fourth-order valence-corrected chi connectivity index (χ4v) is 18.1. The van der Waals surface area contributed by atoms with E-state index in [1.807, 2.05) is 234 Å². The Kier molecular flexibility index (Phi) is 36.4. The van der Waals surface area contributed by atoms with E-state index in [1.165, 1.54) is 0 Å². The lowest BCUT2D eigenvalue weighted by atomic mass is 9.99. The van der Waals surface area contributed by atoms with Crippen LogP contribution < -0.4 is 28.8 Å². The van der Waals surface area contributed by atoms with Gasteiger partial charge in [-0.3, -0.25) is 24.3 Å². The monoisotopic (exact) mass is 1510 g/mol. The van der Waals surface area contributed by atoms with E-state index >= 15 is 0 Å². The van der Waals surface area contributed by atoms with Gasteiger partial charge in [-0.1, -0.05) is 260 Å². The lowest BCUT2D eigenvalue weighted by Crippen LogP contribution is -2.39. The van der Waals surface area contributed by atoms with Crippen LogP contribution in [-0.4, -0.2) is 101 Å². The number of carbonyl (C=O) groups is 4. The molecule has 0 aliphatic heterocycles. The van der Waals surface area contributed by atoms with E-state index in [0.717, 1.165) is 32.9 Å². The number of phenolic OH excluding ortho intramolecular Hbond substituents is 1. The van der Waals surface area contributed by atoms with Crippen LogP contribution in [0.4, 0.5) is 0 Å². The van der Waals surface area contributed by atoms with Gasteiger partial charge >= 0.3 is 23.9 Å². The first-order valence-electron chi connectivity index (χ1n) is 33.3. The first-order valence-corrected chi connectivity index (χ1v) is 45.1. The summed E-state index contributed by atoms with van der Waals surface area (Å²) >= 11 is 23.1. The molecule has 8 atom stereocenters. The molecule has 99 heavy (non-hydrogen) atoms. The molecule has 7 aromatic rings. The van der Waals surface area contributed by atoms with Crippen LogP contribution in [0, 0.1) is 11.3 Å². The third-order valence-electron chi connectivity index (χ3n) is 14.9. The summed E-state index contributed by atoms with van der Waals surface area (Å²) in [7, 11) is 0. The third kappa shape index (κ3) is 30.2. The van der Waals surface area contributed by atoms with Gasteiger partial charge in [-0.05, 0) is 129 Å². The molecule has 0 heterocycles. The van der Waals surface area contributed by atoms with Crippen molar-refractivity contribution in [1.29, 1.82) is 0 Å². The van der Waals surface area contributed by atoms with E-state index in [9.17, 15) is 24.3 Å². The summed E-state index contributed by atoms with van der Waals surface area (Å²) in [6, 6.07) is 54.7. The highest BCUT2D eigenvalue weighted by Gasteiger charge is 2.39. The van der Waals surface area contributed by atoms with Gasteiger partial charge in [-0.25, -0.2) is 10.2 Å². The summed E-state index contributed by atoms with van der Waals surface area (Å²) in [6.07, 6.45) is -8.41. The topological polar surface area (TPSA) is 189 Å². The molecule has 4 N–H and O–H groups in total. The summed E-state index contributed by atoms with van der Waals surface area (Å²) in [5, 5.41) is 22.6. The third-order valence-corrected chi connectivity index (χ3v) is 34.8. The maximum Gasteiger partial charge on any atom is 0.323 e. The minimum atomic E-state index is -2.48. The van der Waals surface area contributed by atoms with Crippen molar-refractivity contribution >= 4 is 118 Å². The van der Waals surface area contributed by atoms with E-state index in [4.69, 9.17) is 79.7 Å². The SMILES string of the molecule is CC(C)P(C)(=S)N[C@H](C)C(=O)OCC(C)(C)C.CCOC(=O)[C@@H](C)NP(=S)(Oc1ccccc1)C(C)(C)C.CCOC(=O)[C@H](C)NP(=S)(Oc1ccccc1)C(C)C.C[C@@H](CP(=S)(Oc1cccc2ccccc12)C(C)(C)C)C(=O)OCc1ccccc1.Oc1cccc2ccccc12. The minimum absolute atomic E-state index is 0.000160. The molecule has 0 aliphatic rings. The zero-order chi connectivity index (χ0) is 74.6. The Balaban J connectivity index is 0.000000333. The molecule has 0 bridgehead atoms. The minimum Gasteiger partial charge on any atom is -0.507 e. The summed E-state index contributed by atoms with van der Waals surface area (Å²) in [5.41, 5.74) is 1.46. The van der Waals surface area contributed by atoms with E-state index in [1.54, 1.807) is 33.8 Å². The fraction of sp³-hybridized carbons (Fsp3) is 0.447. The quantitative estimate of drug-likeness (QED) is 0.0240. The van der Waals surface area contributed by atoms with E-state index in [-0.39, 0.29) is 63.8 Å². The molecule has 0 aliphatic carbocycles. The number of phenols is 1. The fourth-order valence-electron chi connectivity index (χ4n) is 8.47. The molecule has 7 aromatic carbocycles. The number of carbonyl (C=O) groups excluding carboxylic acids is 4. The highest BCUT2D eigenvalue weighted by atomic mass is 32.5. The Morgan fingerprint density at radius 2 is 0.879 bits per heavy atom. The molecule has 544 valence electrons. The molecule has 15 nitrogen and oxygen atoms in total. The molecule has 0 saturated carbocycles. The predicted molar refractivity (Wildman–Crippen MR) is 429 cm³/mol. The van der Waals surface area contributed by atoms with E-state index < -0.39 is 37.4 Å². The molecule has 0 spiro atoms. The maximum absolute atomic E-state index is 12.7. The molecular formula is C76H109N3O12P4S4. The lowest BCUT2D eigenvalue weighted by molar-refractivity contribution is -0.149. The molecule has 0 saturated heterocycles. The van der Waals surface area contributed by atoms with Gasteiger partial charge in [-0.15, -0.1) is 0 Å². The van der Waals surface area contributed by atoms with Crippen LogP contribution in [0.2, 0.25) is 0 Å². The summed E-state index contributed by atoms with van der Waals surface area (Å²) in [4.78, 5) is 48.0. The van der Waals surface area contributed by atoms with Crippen molar-refractivity contribution in [3.8, 4) is 23.0 Å². The Bertz CT molecular complexity index is 3840. The van der Waals surface area contributed by atoms with Gasteiger partial charge in [0.2, 0.25) is 0 Å². The average molecular weight is 1510 g/mol. The van der Waals surface area contributed by atoms with Crippen molar-refractivity contribution in [2.75, 3.05) is 32.6 Å². The number of hydrogen-bond acceptors (Lipinski definition) is 16. The largest absolute Gasteiger partial charge is 0.507 e. The molecular weight excluding hydrogens is 1400 g/mol. The van der Waals surface area contributed by atoms with Crippen LogP contribution in [0.25, 0.3) is 21.5 Å². The predicted octanol–water partition coefficient (Wildman–Crippen LogP) is 19.4. The van der Waals surface area contributed by atoms with Crippen molar-refractivity contribution in [2.45, 2.75) is 178 Å². The highest BCUT2D eigenvalue weighted by Crippen LogP contribution is 2.61. The Morgan fingerprint density at radius 1 is 0.455 bits per heavy atom. The smallest absolute Gasteiger partial charge is 0.323 e. The van der Waals surface area contributed by atoms with Crippen molar-refractivity contribution in [3.05, 3.63) is 181 Å². The molecule has 0 amide bonds. The first kappa shape index (κ1) is 87.8. The van der Waals surface area contributed by atoms with Gasteiger partial charge in [-0.2, -0.15) is 0 Å². The summed E-state index contributed by atoms with van der Waals surface area (Å²) in [6.45, 7) is 40.8. The Labute approximate surface area is 612 Å². The normalized spacial score (nSPS) is 15.1. The Morgan fingerprint density at radius 3 is 1.34 bits per heavy atom. The number of hydrogen-bond donors (Lipinski definition) is 4. The van der Waals surface area contributed by atoms with Crippen molar-refractivity contribution in [3.63, 3.8) is 0 Å². The molecule has 23 heteroatoms. The molecule has 7 rings (SSSR count). The van der Waals surface area contributed by atoms with Crippen LogP contribution in [0.15, 0.2) is 176 Å². The molecule has 4 unspecified atom stereocenters. The number of aromatic hydroxyl groups is 1. The van der Waals surface area contributed by atoms with Gasteiger partial charge in [0, 0.05) is 39.1 Å². The number of ether oxygens (including phenoxy) is 4. The van der Waals surface area contributed by atoms with Crippen LogP contribution in [0.1, 0.15) is 137 Å². The van der Waals surface area contributed by atoms with E-state index in [0.29, 0.717) is 48.9 Å². The van der Waals surface area contributed by atoms with Crippen molar-refractivity contribution in [1.82, 2.24) is 15.3 Å². The van der Waals surface area contributed by atoms with Crippen LogP contribution in [0.3, 0.4) is 0 Å². The molecule has 0 radical (unpaired) electrons. The number of rotatable bonds is 25. The summed E-state index contributed by atoms with van der Waals surface area (Å²) < 4.78 is 39.5. The second-order valence-electron chi connectivity index (χ2n) is 27.6. The number of benzene rings is 7. The van der Waals surface area contributed by atoms with Gasteiger partial charge < -0.3 is 37.6 Å². The van der Waals surface area contributed by atoms with Gasteiger partial charge in [0.05, 0.1) is 25.7 Å². The number of nitrogens with one attached hydrogen (secondary N) is 3.